The van der Waals surface area contributed by atoms with E-state index in [0.29, 0.717) is 26.2 Å². The van der Waals surface area contributed by atoms with Crippen LogP contribution in [0.2, 0.25) is 0 Å². The maximum atomic E-state index is 12.3. The van der Waals surface area contributed by atoms with E-state index in [4.69, 9.17) is 4.74 Å². The lowest BCUT2D eigenvalue weighted by Crippen LogP contribution is -2.43. The fourth-order valence-electron chi connectivity index (χ4n) is 2.96. The Hall–Kier alpha value is -1.56. The average Bonchev–Trinajstić information content (AvgIpc) is 3.39. The molecule has 1 saturated heterocycles. The maximum Gasteiger partial charge on any atom is 0.317 e. The second-order valence-electron chi connectivity index (χ2n) is 6.30. The van der Waals surface area contributed by atoms with Gasteiger partial charge in [-0.25, -0.2) is 4.79 Å². The van der Waals surface area contributed by atoms with E-state index in [2.05, 4.69) is 11.4 Å². The zero-order chi connectivity index (χ0) is 15.4. The Balaban J connectivity index is 1.44. The van der Waals surface area contributed by atoms with E-state index in [1.807, 2.05) is 9.80 Å². The van der Waals surface area contributed by atoms with Crippen molar-refractivity contribution < 1.29 is 14.3 Å². The highest BCUT2D eigenvalue weighted by atomic mass is 16.5. The van der Waals surface area contributed by atoms with Crippen molar-refractivity contribution in [2.75, 3.05) is 45.9 Å². The van der Waals surface area contributed by atoms with E-state index >= 15 is 0 Å². The van der Waals surface area contributed by atoms with Crippen molar-refractivity contribution in [3.05, 3.63) is 11.6 Å². The van der Waals surface area contributed by atoms with Gasteiger partial charge in [0.15, 0.2) is 0 Å². The molecule has 0 aromatic heterocycles. The first-order chi connectivity index (χ1) is 10.7. The monoisotopic (exact) mass is 307 g/mol. The summed E-state index contributed by atoms with van der Waals surface area (Å²) in [5.74, 6) is 0.547. The van der Waals surface area contributed by atoms with E-state index in [1.54, 1.807) is 0 Å². The predicted octanol–water partition coefficient (Wildman–Crippen LogP) is 0.987. The molecule has 0 aromatic carbocycles. The summed E-state index contributed by atoms with van der Waals surface area (Å²) in [5, 5.41) is 2.96. The molecule has 0 radical (unpaired) electrons. The summed E-state index contributed by atoms with van der Waals surface area (Å²) < 4.78 is 5.37. The Morgan fingerprint density at radius 3 is 2.68 bits per heavy atom. The van der Waals surface area contributed by atoms with Gasteiger partial charge in [-0.2, -0.15) is 0 Å². The third-order valence-corrected chi connectivity index (χ3v) is 4.47. The number of hydrogen-bond donors (Lipinski definition) is 1. The molecule has 0 atom stereocenters. The van der Waals surface area contributed by atoms with E-state index in [0.717, 1.165) is 51.0 Å². The highest BCUT2D eigenvalue weighted by molar-refractivity contribution is 5.81. The molecule has 2 fully saturated rings. The van der Waals surface area contributed by atoms with Crippen LogP contribution >= 0.6 is 0 Å². The highest BCUT2D eigenvalue weighted by Crippen LogP contribution is 2.31. The van der Waals surface area contributed by atoms with Gasteiger partial charge in [0.2, 0.25) is 5.91 Å². The minimum atomic E-state index is -0.0350. The molecular formula is C16H25N3O3. The van der Waals surface area contributed by atoms with Crippen LogP contribution in [0.15, 0.2) is 11.6 Å². The van der Waals surface area contributed by atoms with Gasteiger partial charge in [-0.3, -0.25) is 4.79 Å². The topological polar surface area (TPSA) is 61.9 Å². The van der Waals surface area contributed by atoms with E-state index < -0.39 is 0 Å². The first-order valence-electron chi connectivity index (χ1n) is 8.31. The number of carbonyl (C=O) groups is 2. The number of nitrogens with one attached hydrogen (secondary N) is 1. The van der Waals surface area contributed by atoms with Crippen LogP contribution in [0.5, 0.6) is 0 Å². The molecule has 3 aliphatic rings. The third-order valence-electron chi connectivity index (χ3n) is 4.47. The number of urea groups is 1. The summed E-state index contributed by atoms with van der Waals surface area (Å²) in [6.07, 6.45) is 6.00. The molecular weight excluding hydrogens is 282 g/mol. The van der Waals surface area contributed by atoms with Crippen LogP contribution < -0.4 is 5.32 Å². The maximum absolute atomic E-state index is 12.3. The number of hydrogen-bond acceptors (Lipinski definition) is 3. The average molecular weight is 307 g/mol. The van der Waals surface area contributed by atoms with Crippen LogP contribution in [0.3, 0.4) is 0 Å². The Morgan fingerprint density at radius 1 is 1.18 bits per heavy atom. The number of amides is 3. The molecule has 22 heavy (non-hydrogen) atoms. The summed E-state index contributed by atoms with van der Waals surface area (Å²) in [6.45, 7) is 4.72. The van der Waals surface area contributed by atoms with Crippen LogP contribution in [0, 0.1) is 5.92 Å². The molecule has 122 valence electrons. The molecule has 0 aromatic rings. The molecule has 3 amide bonds. The molecule has 0 spiro atoms. The van der Waals surface area contributed by atoms with Gasteiger partial charge in [0.25, 0.3) is 0 Å². The van der Waals surface area contributed by atoms with E-state index in [9.17, 15) is 9.59 Å². The molecule has 2 aliphatic heterocycles. The summed E-state index contributed by atoms with van der Waals surface area (Å²) in [7, 11) is 0. The van der Waals surface area contributed by atoms with Crippen LogP contribution in [0.25, 0.3) is 0 Å². The molecule has 1 saturated carbocycles. The van der Waals surface area contributed by atoms with Gasteiger partial charge in [0.1, 0.15) is 0 Å². The minimum Gasteiger partial charge on any atom is -0.377 e. The second kappa shape index (κ2) is 7.13. The Labute approximate surface area is 131 Å². The standard InChI is InChI=1S/C16H25N3O3/c20-15(14-4-5-14)18-6-2-7-19(9-8-18)16(21)17-11-13-3-1-10-22-12-13/h3,14H,1-2,4-12H2,(H,17,21). The van der Waals surface area contributed by atoms with Gasteiger partial charge in [0, 0.05) is 38.6 Å². The van der Waals surface area contributed by atoms with Crippen molar-refractivity contribution in [2.45, 2.75) is 25.7 Å². The fraction of sp³-hybridized carbons (Fsp3) is 0.750. The van der Waals surface area contributed by atoms with Gasteiger partial charge in [-0.1, -0.05) is 6.08 Å². The van der Waals surface area contributed by atoms with Gasteiger partial charge >= 0.3 is 6.03 Å². The lowest BCUT2D eigenvalue weighted by molar-refractivity contribution is -0.132. The summed E-state index contributed by atoms with van der Waals surface area (Å²) in [4.78, 5) is 28.1. The Morgan fingerprint density at radius 2 is 1.95 bits per heavy atom. The Bertz CT molecular complexity index is 460. The molecule has 2 heterocycles. The zero-order valence-corrected chi connectivity index (χ0v) is 13.1. The van der Waals surface area contributed by atoms with Gasteiger partial charge < -0.3 is 19.9 Å². The van der Waals surface area contributed by atoms with Crippen molar-refractivity contribution in [2.24, 2.45) is 5.92 Å². The smallest absolute Gasteiger partial charge is 0.317 e. The minimum absolute atomic E-state index is 0.0350. The number of nitrogens with zero attached hydrogens (tertiary/aromatic N) is 2. The first-order valence-corrected chi connectivity index (χ1v) is 8.31. The molecule has 0 bridgehead atoms. The molecule has 3 rings (SSSR count). The fourth-order valence-corrected chi connectivity index (χ4v) is 2.96. The molecule has 0 unspecified atom stereocenters. The quantitative estimate of drug-likeness (QED) is 0.791. The van der Waals surface area contributed by atoms with Crippen molar-refractivity contribution in [1.29, 1.82) is 0 Å². The van der Waals surface area contributed by atoms with Gasteiger partial charge in [-0.05, 0) is 31.3 Å². The SMILES string of the molecule is O=C(NCC1=CCCOC1)N1CCCN(C(=O)C2CC2)CC1. The largest absolute Gasteiger partial charge is 0.377 e. The first kappa shape index (κ1) is 15.3. The normalized spacial score (nSPS) is 22.8. The van der Waals surface area contributed by atoms with Gasteiger partial charge in [-0.15, -0.1) is 0 Å². The highest BCUT2D eigenvalue weighted by Gasteiger charge is 2.34. The summed E-state index contributed by atoms with van der Waals surface area (Å²) >= 11 is 0. The van der Waals surface area contributed by atoms with Crippen LogP contribution in [0.1, 0.15) is 25.7 Å². The second-order valence-corrected chi connectivity index (χ2v) is 6.30. The number of rotatable bonds is 3. The van der Waals surface area contributed by atoms with E-state index in [1.165, 1.54) is 0 Å². The van der Waals surface area contributed by atoms with Crippen molar-refractivity contribution in [1.82, 2.24) is 15.1 Å². The number of carbonyl (C=O) groups excluding carboxylic acids is 2. The Kier molecular flexibility index (Phi) is 4.97. The van der Waals surface area contributed by atoms with Crippen molar-refractivity contribution in [3.8, 4) is 0 Å². The third kappa shape index (κ3) is 4.00. The lowest BCUT2D eigenvalue weighted by atomic mass is 10.2. The van der Waals surface area contributed by atoms with Crippen LogP contribution in [-0.4, -0.2) is 67.7 Å². The molecule has 1 aliphatic carbocycles. The lowest BCUT2D eigenvalue weighted by Gasteiger charge is -2.23. The van der Waals surface area contributed by atoms with E-state index in [-0.39, 0.29) is 17.9 Å². The summed E-state index contributed by atoms with van der Waals surface area (Å²) in [6, 6.07) is -0.0350. The zero-order valence-electron chi connectivity index (χ0n) is 13.1. The van der Waals surface area contributed by atoms with Crippen LogP contribution in [0.4, 0.5) is 4.79 Å². The molecule has 6 nitrogen and oxygen atoms in total. The van der Waals surface area contributed by atoms with Crippen molar-refractivity contribution in [3.63, 3.8) is 0 Å². The predicted molar refractivity (Wildman–Crippen MR) is 82.4 cm³/mol. The molecule has 1 N–H and O–H groups in total. The van der Waals surface area contributed by atoms with Crippen LogP contribution in [-0.2, 0) is 9.53 Å². The summed E-state index contributed by atoms with van der Waals surface area (Å²) in [5.41, 5.74) is 1.14. The van der Waals surface area contributed by atoms with Crippen molar-refractivity contribution >= 4 is 11.9 Å². The number of ether oxygens (including phenoxy) is 1. The molecule has 6 heteroatoms. The van der Waals surface area contributed by atoms with Gasteiger partial charge in [0.05, 0.1) is 13.2 Å².